The van der Waals surface area contributed by atoms with Gasteiger partial charge in [0.2, 0.25) is 5.43 Å². The van der Waals surface area contributed by atoms with Crippen LogP contribution in [0.1, 0.15) is 35.3 Å². The Kier molecular flexibility index (Phi) is 5.93. The van der Waals surface area contributed by atoms with Crippen molar-refractivity contribution in [3.8, 4) is 10.4 Å². The van der Waals surface area contributed by atoms with Gasteiger partial charge in [-0.05, 0) is 44.0 Å². The van der Waals surface area contributed by atoms with E-state index in [-0.39, 0.29) is 17.7 Å². The van der Waals surface area contributed by atoms with E-state index in [1.807, 2.05) is 37.3 Å². The van der Waals surface area contributed by atoms with Crippen LogP contribution in [0.5, 0.6) is 0 Å². The Morgan fingerprint density at radius 2 is 1.72 bits per heavy atom. The summed E-state index contributed by atoms with van der Waals surface area (Å²) in [5, 5.41) is 0.351. The Hall–Kier alpha value is -3.32. The number of aromatic nitrogens is 1. The molecule has 0 unspecified atom stereocenters. The number of halogens is 2. The largest absolute Gasteiger partial charge is 0.459 e. The molecule has 0 saturated heterocycles. The first kappa shape index (κ1) is 21.9. The second-order valence-corrected chi connectivity index (χ2v) is 8.76. The number of esters is 1. The van der Waals surface area contributed by atoms with Gasteiger partial charge >= 0.3 is 5.97 Å². The lowest BCUT2D eigenvalue weighted by atomic mass is 10.1. The van der Waals surface area contributed by atoms with Gasteiger partial charge in [-0.15, -0.1) is 11.3 Å². The highest BCUT2D eigenvalue weighted by Gasteiger charge is 2.23. The molecule has 2 heterocycles. The summed E-state index contributed by atoms with van der Waals surface area (Å²) in [5.74, 6) is -2.15. The fourth-order valence-electron chi connectivity index (χ4n) is 3.63. The number of thiophene rings is 1. The first-order valence-corrected chi connectivity index (χ1v) is 11.0. The third kappa shape index (κ3) is 3.96. The summed E-state index contributed by atoms with van der Waals surface area (Å²) in [6.45, 7) is 5.01. The first-order valence-electron chi connectivity index (χ1n) is 10.1. The van der Waals surface area contributed by atoms with E-state index < -0.39 is 29.1 Å². The SMILES string of the molecule is Cc1c(-c2ccccc2)sc2c1c(=O)c(C(=O)OC(C)C)cn2Cc1c(F)cccc1F. The van der Waals surface area contributed by atoms with E-state index in [9.17, 15) is 18.4 Å². The van der Waals surface area contributed by atoms with Crippen molar-refractivity contribution < 1.29 is 18.3 Å². The number of hydrogen-bond acceptors (Lipinski definition) is 4. The van der Waals surface area contributed by atoms with Gasteiger partial charge in [-0.3, -0.25) is 4.79 Å². The van der Waals surface area contributed by atoms with E-state index in [4.69, 9.17) is 4.74 Å². The number of hydrogen-bond donors (Lipinski definition) is 0. The molecule has 0 atom stereocenters. The molecule has 4 nitrogen and oxygen atoms in total. The summed E-state index contributed by atoms with van der Waals surface area (Å²) in [6, 6.07) is 13.2. The van der Waals surface area contributed by atoms with Crippen molar-refractivity contribution in [2.24, 2.45) is 0 Å². The number of fused-ring (bicyclic) bond motifs is 1. The van der Waals surface area contributed by atoms with Crippen molar-refractivity contribution in [2.75, 3.05) is 0 Å². The van der Waals surface area contributed by atoms with Gasteiger partial charge in [0.15, 0.2) is 0 Å². The number of nitrogens with zero attached hydrogens (tertiary/aromatic N) is 1. The van der Waals surface area contributed by atoms with E-state index >= 15 is 0 Å². The predicted molar refractivity (Wildman–Crippen MR) is 122 cm³/mol. The minimum absolute atomic E-state index is 0.145. The van der Waals surface area contributed by atoms with Crippen LogP contribution in [0.25, 0.3) is 20.7 Å². The van der Waals surface area contributed by atoms with Gasteiger partial charge in [0.25, 0.3) is 0 Å². The van der Waals surface area contributed by atoms with Crippen LogP contribution in [0.3, 0.4) is 0 Å². The van der Waals surface area contributed by atoms with Gasteiger partial charge in [-0.25, -0.2) is 13.6 Å². The van der Waals surface area contributed by atoms with E-state index in [1.54, 1.807) is 18.4 Å². The molecule has 0 bridgehead atoms. The Labute approximate surface area is 187 Å². The van der Waals surface area contributed by atoms with Crippen molar-refractivity contribution in [3.05, 3.63) is 93.3 Å². The molecule has 2 aromatic heterocycles. The summed E-state index contributed by atoms with van der Waals surface area (Å²) in [6.07, 6.45) is 0.921. The molecule has 0 N–H and O–H groups in total. The zero-order valence-corrected chi connectivity index (χ0v) is 18.6. The number of ether oxygens (including phenoxy) is 1. The quantitative estimate of drug-likeness (QED) is 0.352. The molecule has 164 valence electrons. The fourth-order valence-corrected chi connectivity index (χ4v) is 4.92. The maximum atomic E-state index is 14.4. The Balaban J connectivity index is 1.99. The van der Waals surface area contributed by atoms with Crippen molar-refractivity contribution >= 4 is 27.5 Å². The van der Waals surface area contributed by atoms with Crippen LogP contribution >= 0.6 is 11.3 Å². The number of carbonyl (C=O) groups excluding carboxylic acids is 1. The second kappa shape index (κ2) is 8.67. The van der Waals surface area contributed by atoms with E-state index in [0.717, 1.165) is 10.4 Å². The number of carbonyl (C=O) groups is 1. The molecule has 4 aromatic rings. The lowest BCUT2D eigenvalue weighted by Gasteiger charge is -2.13. The standard InChI is InChI=1S/C25H21F2NO3S/c1-14(2)31-25(30)18-13-28(12-17-19(26)10-7-11-20(17)27)24-21(22(18)29)15(3)23(32-24)16-8-5-4-6-9-16/h4-11,13-14H,12H2,1-3H3. The van der Waals surface area contributed by atoms with Gasteiger partial charge < -0.3 is 9.30 Å². The molecule has 2 aromatic carbocycles. The third-order valence-corrected chi connectivity index (χ3v) is 6.51. The molecule has 7 heteroatoms. The van der Waals surface area contributed by atoms with E-state index in [2.05, 4.69) is 0 Å². The summed E-state index contributed by atoms with van der Waals surface area (Å²) in [4.78, 5) is 27.4. The molecule has 4 rings (SSSR count). The van der Waals surface area contributed by atoms with Gasteiger partial charge in [-0.1, -0.05) is 36.4 Å². The molecule has 0 fully saturated rings. The topological polar surface area (TPSA) is 48.3 Å². The van der Waals surface area contributed by atoms with Crippen LogP contribution in [0.15, 0.2) is 59.5 Å². The van der Waals surface area contributed by atoms with Crippen LogP contribution in [-0.4, -0.2) is 16.6 Å². The van der Waals surface area contributed by atoms with Gasteiger partial charge in [-0.2, -0.15) is 0 Å². The first-order chi connectivity index (χ1) is 15.3. The number of aryl methyl sites for hydroxylation is 1. The van der Waals surface area contributed by atoms with Crippen LogP contribution in [0.4, 0.5) is 8.78 Å². The molecule has 0 saturated carbocycles. The Morgan fingerprint density at radius 1 is 1.06 bits per heavy atom. The zero-order valence-electron chi connectivity index (χ0n) is 17.8. The molecule has 0 radical (unpaired) electrons. The van der Waals surface area contributed by atoms with Crippen molar-refractivity contribution in [1.29, 1.82) is 0 Å². The normalized spacial score (nSPS) is 11.3. The van der Waals surface area contributed by atoms with Crippen LogP contribution in [0.2, 0.25) is 0 Å². The lowest BCUT2D eigenvalue weighted by Crippen LogP contribution is -2.23. The average Bonchev–Trinajstić information content (AvgIpc) is 3.10. The highest BCUT2D eigenvalue weighted by molar-refractivity contribution is 7.22. The predicted octanol–water partition coefficient (Wildman–Crippen LogP) is 5.93. The van der Waals surface area contributed by atoms with Crippen molar-refractivity contribution in [3.63, 3.8) is 0 Å². The highest BCUT2D eigenvalue weighted by Crippen LogP contribution is 2.37. The molecular weight excluding hydrogens is 432 g/mol. The maximum Gasteiger partial charge on any atom is 0.343 e. The summed E-state index contributed by atoms with van der Waals surface area (Å²) < 4.78 is 35.6. The third-order valence-electron chi connectivity index (χ3n) is 5.13. The maximum absolute atomic E-state index is 14.4. The monoisotopic (exact) mass is 453 g/mol. The highest BCUT2D eigenvalue weighted by atomic mass is 32.1. The molecule has 0 aliphatic rings. The van der Waals surface area contributed by atoms with Gasteiger partial charge in [0.1, 0.15) is 22.0 Å². The van der Waals surface area contributed by atoms with E-state index in [1.165, 1.54) is 35.7 Å². The van der Waals surface area contributed by atoms with Crippen LogP contribution in [-0.2, 0) is 11.3 Å². The molecule has 0 spiro atoms. The minimum Gasteiger partial charge on any atom is -0.459 e. The van der Waals surface area contributed by atoms with Crippen LogP contribution in [0, 0.1) is 18.6 Å². The van der Waals surface area contributed by atoms with Gasteiger partial charge in [0.05, 0.1) is 18.0 Å². The summed E-state index contributed by atoms with van der Waals surface area (Å²) in [5.41, 5.74) is 0.868. The van der Waals surface area contributed by atoms with Gasteiger partial charge in [0, 0.05) is 16.6 Å². The number of rotatable bonds is 5. The Morgan fingerprint density at radius 3 is 2.34 bits per heavy atom. The van der Waals surface area contributed by atoms with Crippen molar-refractivity contribution in [1.82, 2.24) is 4.57 Å². The molecule has 0 aliphatic carbocycles. The average molecular weight is 454 g/mol. The molecular formula is C25H21F2NO3S. The molecule has 0 amide bonds. The van der Waals surface area contributed by atoms with Crippen molar-refractivity contribution in [2.45, 2.75) is 33.4 Å². The fraction of sp³-hybridized carbons (Fsp3) is 0.200. The molecule has 0 aliphatic heterocycles. The van der Waals surface area contributed by atoms with Crippen LogP contribution < -0.4 is 5.43 Å². The second-order valence-electron chi connectivity index (χ2n) is 7.76. The number of benzene rings is 2. The van der Waals surface area contributed by atoms with E-state index in [0.29, 0.717) is 15.8 Å². The number of pyridine rings is 1. The summed E-state index contributed by atoms with van der Waals surface area (Å²) in [7, 11) is 0. The minimum atomic E-state index is -0.762. The Bertz CT molecular complexity index is 1350. The molecule has 32 heavy (non-hydrogen) atoms. The summed E-state index contributed by atoms with van der Waals surface area (Å²) >= 11 is 1.35. The zero-order chi connectivity index (χ0) is 23.0. The smallest absolute Gasteiger partial charge is 0.343 e. The lowest BCUT2D eigenvalue weighted by molar-refractivity contribution is 0.0375.